The van der Waals surface area contributed by atoms with Gasteiger partial charge in [-0.15, -0.1) is 0 Å². The van der Waals surface area contributed by atoms with E-state index in [-0.39, 0.29) is 11.8 Å². The number of piperidine rings is 1. The number of sulfonamides is 1. The molecule has 6 heteroatoms. The molecule has 2 atom stereocenters. The summed E-state index contributed by atoms with van der Waals surface area (Å²) in [5, 5.41) is 3.38. The van der Waals surface area contributed by atoms with E-state index in [0.717, 1.165) is 18.5 Å². The van der Waals surface area contributed by atoms with Crippen LogP contribution in [0.4, 0.5) is 0 Å². The lowest BCUT2D eigenvalue weighted by Crippen LogP contribution is -2.37. The van der Waals surface area contributed by atoms with E-state index in [1.165, 1.54) is 12.8 Å². The van der Waals surface area contributed by atoms with Gasteiger partial charge in [-0.05, 0) is 50.4 Å². The van der Waals surface area contributed by atoms with Crippen molar-refractivity contribution in [2.24, 2.45) is 0 Å². The van der Waals surface area contributed by atoms with Crippen LogP contribution in [0.3, 0.4) is 0 Å². The average molecular weight is 297 g/mol. The Morgan fingerprint density at radius 1 is 1.40 bits per heavy atom. The van der Waals surface area contributed by atoms with Crippen molar-refractivity contribution < 1.29 is 8.42 Å². The second-order valence-corrected chi connectivity index (χ2v) is 7.25. The maximum absolute atomic E-state index is 12.1. The molecule has 1 saturated heterocycles. The summed E-state index contributed by atoms with van der Waals surface area (Å²) in [7, 11) is -3.24. The first kappa shape index (κ1) is 15.4. The molecule has 0 amide bonds. The third-order valence-corrected chi connectivity index (χ3v) is 5.20. The second kappa shape index (κ2) is 7.15. The van der Waals surface area contributed by atoms with Gasteiger partial charge in [-0.2, -0.15) is 0 Å². The molecule has 1 aromatic rings. The molecular formula is C14H23N3O2S. The van der Waals surface area contributed by atoms with Gasteiger partial charge in [0.2, 0.25) is 10.0 Å². The molecular weight excluding hydrogens is 274 g/mol. The first-order valence-electron chi connectivity index (χ1n) is 7.20. The molecule has 1 aromatic heterocycles. The van der Waals surface area contributed by atoms with Crippen molar-refractivity contribution >= 4 is 10.0 Å². The highest BCUT2D eigenvalue weighted by Gasteiger charge is 2.19. The van der Waals surface area contributed by atoms with Crippen LogP contribution < -0.4 is 10.0 Å². The molecule has 2 unspecified atom stereocenters. The molecule has 0 bridgehead atoms. The van der Waals surface area contributed by atoms with Crippen LogP contribution in [0, 0.1) is 0 Å². The van der Waals surface area contributed by atoms with Gasteiger partial charge in [0.1, 0.15) is 0 Å². The number of aromatic nitrogens is 1. The number of rotatable bonds is 6. The van der Waals surface area contributed by atoms with Crippen LogP contribution in [-0.2, 0) is 10.0 Å². The summed E-state index contributed by atoms with van der Waals surface area (Å²) in [5.41, 5.74) is 0.930. The van der Waals surface area contributed by atoms with Crippen molar-refractivity contribution in [3.8, 4) is 0 Å². The Labute approximate surface area is 121 Å². The molecule has 2 rings (SSSR count). The summed E-state index contributed by atoms with van der Waals surface area (Å²) in [5.74, 6) is 0.181. The fourth-order valence-electron chi connectivity index (χ4n) is 2.52. The minimum absolute atomic E-state index is 0.181. The smallest absolute Gasteiger partial charge is 0.212 e. The van der Waals surface area contributed by atoms with E-state index in [1.807, 2.05) is 19.1 Å². The maximum atomic E-state index is 12.1. The fraction of sp³-hybridized carbons (Fsp3) is 0.643. The van der Waals surface area contributed by atoms with Gasteiger partial charge in [-0.25, -0.2) is 13.1 Å². The molecule has 112 valence electrons. The van der Waals surface area contributed by atoms with Crippen LogP contribution in [-0.4, -0.2) is 31.7 Å². The summed E-state index contributed by atoms with van der Waals surface area (Å²) in [6, 6.07) is 3.78. The number of pyridine rings is 1. The molecule has 0 saturated carbocycles. The van der Waals surface area contributed by atoms with E-state index in [4.69, 9.17) is 0 Å². The van der Waals surface area contributed by atoms with E-state index in [1.54, 1.807) is 12.4 Å². The molecule has 1 aliphatic heterocycles. The van der Waals surface area contributed by atoms with Gasteiger partial charge >= 0.3 is 0 Å². The predicted molar refractivity (Wildman–Crippen MR) is 79.8 cm³/mol. The summed E-state index contributed by atoms with van der Waals surface area (Å²) in [6.45, 7) is 2.86. The molecule has 0 spiro atoms. The Morgan fingerprint density at radius 2 is 2.15 bits per heavy atom. The van der Waals surface area contributed by atoms with Gasteiger partial charge in [0.25, 0.3) is 0 Å². The van der Waals surface area contributed by atoms with E-state index >= 15 is 0 Å². The number of nitrogens with one attached hydrogen (secondary N) is 2. The molecule has 5 nitrogen and oxygen atoms in total. The lowest BCUT2D eigenvalue weighted by molar-refractivity contribution is 0.392. The highest BCUT2D eigenvalue weighted by Crippen LogP contribution is 2.14. The molecule has 0 aliphatic carbocycles. The van der Waals surface area contributed by atoms with Gasteiger partial charge < -0.3 is 5.32 Å². The predicted octanol–water partition coefficient (Wildman–Crippen LogP) is 1.59. The summed E-state index contributed by atoms with van der Waals surface area (Å²) in [6.07, 6.45) is 7.49. The fourth-order valence-corrected chi connectivity index (χ4v) is 3.90. The quantitative estimate of drug-likeness (QED) is 0.836. The van der Waals surface area contributed by atoms with Crippen LogP contribution in [0.25, 0.3) is 0 Å². The molecule has 1 fully saturated rings. The standard InChI is InChI=1S/C14H23N3O2S/c1-12(13-5-9-15-10-6-13)17-20(18,19)11-7-14-4-2-3-8-16-14/h5-6,9-10,12,14,16-17H,2-4,7-8,11H2,1H3. The van der Waals surface area contributed by atoms with Gasteiger partial charge in [-0.1, -0.05) is 6.42 Å². The zero-order valence-electron chi connectivity index (χ0n) is 11.9. The minimum atomic E-state index is -3.24. The third-order valence-electron chi connectivity index (χ3n) is 3.71. The van der Waals surface area contributed by atoms with Crippen molar-refractivity contribution in [1.82, 2.24) is 15.0 Å². The highest BCUT2D eigenvalue weighted by atomic mass is 32.2. The molecule has 2 N–H and O–H groups in total. The van der Waals surface area contributed by atoms with Crippen molar-refractivity contribution in [2.45, 2.75) is 44.7 Å². The Kier molecular flexibility index (Phi) is 5.51. The van der Waals surface area contributed by atoms with Gasteiger partial charge in [0, 0.05) is 24.5 Å². The van der Waals surface area contributed by atoms with Crippen molar-refractivity contribution in [1.29, 1.82) is 0 Å². The lowest BCUT2D eigenvalue weighted by Gasteiger charge is -2.23. The maximum Gasteiger partial charge on any atom is 0.212 e. The summed E-state index contributed by atoms with van der Waals surface area (Å²) >= 11 is 0. The molecule has 0 radical (unpaired) electrons. The first-order valence-corrected chi connectivity index (χ1v) is 8.85. The molecule has 0 aromatic carbocycles. The Balaban J connectivity index is 1.84. The van der Waals surface area contributed by atoms with Crippen molar-refractivity contribution in [2.75, 3.05) is 12.3 Å². The Morgan fingerprint density at radius 3 is 2.80 bits per heavy atom. The average Bonchev–Trinajstić information content (AvgIpc) is 2.47. The number of hydrogen-bond acceptors (Lipinski definition) is 4. The van der Waals surface area contributed by atoms with E-state index in [2.05, 4.69) is 15.0 Å². The van der Waals surface area contributed by atoms with Gasteiger partial charge in [-0.3, -0.25) is 4.98 Å². The first-order chi connectivity index (χ1) is 9.57. The van der Waals surface area contributed by atoms with E-state index in [0.29, 0.717) is 12.5 Å². The second-order valence-electron chi connectivity index (χ2n) is 5.37. The third kappa shape index (κ3) is 4.85. The molecule has 20 heavy (non-hydrogen) atoms. The van der Waals surface area contributed by atoms with Crippen LogP contribution in [0.5, 0.6) is 0 Å². The molecule has 1 aliphatic rings. The molecule has 2 heterocycles. The van der Waals surface area contributed by atoms with Gasteiger partial charge in [0.15, 0.2) is 0 Å². The van der Waals surface area contributed by atoms with Crippen LogP contribution in [0.1, 0.15) is 44.2 Å². The Bertz CT molecular complexity index is 498. The Hall–Kier alpha value is -0.980. The van der Waals surface area contributed by atoms with Gasteiger partial charge in [0.05, 0.1) is 5.75 Å². The monoisotopic (exact) mass is 297 g/mol. The highest BCUT2D eigenvalue weighted by molar-refractivity contribution is 7.89. The largest absolute Gasteiger partial charge is 0.314 e. The number of nitrogens with zero attached hydrogens (tertiary/aromatic N) is 1. The van der Waals surface area contributed by atoms with Crippen LogP contribution in [0.15, 0.2) is 24.5 Å². The SMILES string of the molecule is CC(NS(=O)(=O)CCC1CCCCN1)c1ccncc1. The zero-order valence-corrected chi connectivity index (χ0v) is 12.7. The summed E-state index contributed by atoms with van der Waals surface area (Å²) < 4.78 is 26.9. The van der Waals surface area contributed by atoms with Crippen LogP contribution in [0.2, 0.25) is 0 Å². The van der Waals surface area contributed by atoms with Crippen LogP contribution >= 0.6 is 0 Å². The summed E-state index contributed by atoms with van der Waals surface area (Å²) in [4.78, 5) is 3.94. The van der Waals surface area contributed by atoms with Crippen molar-refractivity contribution in [3.05, 3.63) is 30.1 Å². The minimum Gasteiger partial charge on any atom is -0.314 e. The normalized spacial score (nSPS) is 21.6. The van der Waals surface area contributed by atoms with E-state index in [9.17, 15) is 8.42 Å². The topological polar surface area (TPSA) is 71.1 Å². The van der Waals surface area contributed by atoms with Crippen molar-refractivity contribution in [3.63, 3.8) is 0 Å². The van der Waals surface area contributed by atoms with E-state index < -0.39 is 10.0 Å². The number of hydrogen-bond donors (Lipinski definition) is 2. The zero-order chi connectivity index (χ0) is 14.4. The lowest BCUT2D eigenvalue weighted by atomic mass is 10.0.